The molecular weight excluding hydrogens is 212 g/mol. The maximum absolute atomic E-state index is 9.86. The van der Waals surface area contributed by atoms with Crippen LogP contribution >= 0.6 is 0 Å². The normalized spacial score (nSPS) is 11.8. The molecule has 0 aromatic rings. The van der Waals surface area contributed by atoms with Gasteiger partial charge >= 0.3 is 22.4 Å². The molecule has 0 aliphatic heterocycles. The van der Waals surface area contributed by atoms with Gasteiger partial charge in [-0.05, 0) is 12.3 Å². The molecule has 0 aliphatic carbocycles. The van der Waals surface area contributed by atoms with Gasteiger partial charge in [0.1, 0.15) is 0 Å². The van der Waals surface area contributed by atoms with E-state index in [2.05, 4.69) is 0 Å². The van der Waals surface area contributed by atoms with Crippen molar-refractivity contribution in [3.05, 3.63) is 0 Å². The predicted octanol–water partition coefficient (Wildman–Crippen LogP) is 0.170. The van der Waals surface area contributed by atoms with E-state index >= 15 is 0 Å². The van der Waals surface area contributed by atoms with Crippen molar-refractivity contribution in [2.45, 2.75) is 26.7 Å². The molecule has 0 N–H and O–H groups in total. The van der Waals surface area contributed by atoms with Gasteiger partial charge in [0.2, 0.25) is 0 Å². The number of rotatable bonds is 3. The molecule has 0 bridgehead atoms. The first-order chi connectivity index (χ1) is 3.66. The first-order valence-corrected chi connectivity index (χ1v) is 2.86. The summed E-state index contributed by atoms with van der Waals surface area (Å²) in [5, 5.41) is 9.86. The van der Waals surface area contributed by atoms with Gasteiger partial charge < -0.3 is 9.90 Å². The zero-order valence-electron chi connectivity index (χ0n) is 5.61. The molecule has 9 heavy (non-hydrogen) atoms. The van der Waals surface area contributed by atoms with Crippen molar-refractivity contribution >= 4 is 5.97 Å². The minimum atomic E-state index is -0.945. The van der Waals surface area contributed by atoms with Gasteiger partial charge in [-0.2, -0.15) is 0 Å². The second-order valence-corrected chi connectivity index (χ2v) is 2.09. The van der Waals surface area contributed by atoms with E-state index in [1.807, 2.05) is 13.8 Å². The quantitative estimate of drug-likeness (QED) is 0.640. The molecule has 0 saturated carbocycles. The Hall–Kier alpha value is 0.210. The van der Waals surface area contributed by atoms with Crippen LogP contribution < -0.4 is 5.11 Å². The Kier molecular flexibility index (Phi) is 8.40. The van der Waals surface area contributed by atoms with Gasteiger partial charge in [-0.25, -0.2) is 0 Å². The van der Waals surface area contributed by atoms with Crippen molar-refractivity contribution in [3.8, 4) is 0 Å². The molecule has 0 amide bonds. The topological polar surface area (TPSA) is 40.1 Å². The molecule has 2 nitrogen and oxygen atoms in total. The minimum Gasteiger partial charge on any atom is -0.550 e. The van der Waals surface area contributed by atoms with E-state index in [1.165, 1.54) is 0 Å². The van der Waals surface area contributed by atoms with Crippen molar-refractivity contribution in [1.29, 1.82) is 0 Å². The molecule has 0 aromatic heterocycles. The van der Waals surface area contributed by atoms with Gasteiger partial charge in [0, 0.05) is 5.97 Å². The molecule has 0 radical (unpaired) electrons. The summed E-state index contributed by atoms with van der Waals surface area (Å²) >= 11 is 0. The number of aliphatic carboxylic acids is 1. The summed E-state index contributed by atoms with van der Waals surface area (Å²) in [5.41, 5.74) is 0. The monoisotopic (exact) mass is 222 g/mol. The van der Waals surface area contributed by atoms with E-state index in [9.17, 15) is 9.90 Å². The summed E-state index contributed by atoms with van der Waals surface area (Å²) < 4.78 is 0. The Labute approximate surface area is 71.2 Å². The van der Waals surface area contributed by atoms with Crippen LogP contribution in [0.1, 0.15) is 26.7 Å². The van der Waals surface area contributed by atoms with Gasteiger partial charge in [-0.3, -0.25) is 0 Å². The largest absolute Gasteiger partial charge is 1.00 e. The number of carbonyl (C=O) groups is 1. The summed E-state index contributed by atoms with van der Waals surface area (Å²) in [7, 11) is 0. The van der Waals surface area contributed by atoms with E-state index in [-0.39, 0.29) is 34.7 Å². The maximum Gasteiger partial charge on any atom is 1.00 e. The third-order valence-corrected chi connectivity index (χ3v) is 1.21. The predicted molar refractivity (Wildman–Crippen MR) is 29.1 cm³/mol. The fraction of sp³-hybridized carbons (Fsp3) is 0.833. The molecule has 0 fully saturated rings. The first-order valence-electron chi connectivity index (χ1n) is 2.86. The van der Waals surface area contributed by atoms with E-state index in [0.29, 0.717) is 0 Å². The molecule has 3 heteroatoms. The number of hydrogen-bond donors (Lipinski definition) is 0. The molecule has 0 rings (SSSR count). The number of carbonyl (C=O) groups excluding carboxylic acids is 1. The third kappa shape index (κ3) is 8.21. The average Bonchev–Trinajstić information content (AvgIpc) is 1.65. The Morgan fingerprint density at radius 2 is 2.11 bits per heavy atom. The molecular formula is C6H11AgO2. The molecule has 1 atom stereocenters. The Morgan fingerprint density at radius 3 is 2.22 bits per heavy atom. The van der Waals surface area contributed by atoms with Gasteiger partial charge in [-0.15, -0.1) is 0 Å². The summed E-state index contributed by atoms with van der Waals surface area (Å²) in [4.78, 5) is 9.86. The average molecular weight is 223 g/mol. The van der Waals surface area contributed by atoms with Gasteiger partial charge in [0.15, 0.2) is 0 Å². The molecule has 0 spiro atoms. The van der Waals surface area contributed by atoms with Crippen LogP contribution in [0.2, 0.25) is 0 Å². The molecule has 0 aliphatic rings. The van der Waals surface area contributed by atoms with E-state index in [4.69, 9.17) is 0 Å². The summed E-state index contributed by atoms with van der Waals surface area (Å²) in [5.74, 6) is -0.681. The maximum atomic E-state index is 9.86. The molecule has 0 saturated heterocycles. The summed E-state index contributed by atoms with van der Waals surface area (Å²) in [6.45, 7) is 3.86. The standard InChI is InChI=1S/C6H12O2.Ag/c1-3-5(2)4-6(7)8;/h5H,3-4H2,1-2H3,(H,7,8);/q;+1/p-1. The number of hydrogen-bond acceptors (Lipinski definition) is 2. The van der Waals surface area contributed by atoms with Gasteiger partial charge in [0.25, 0.3) is 0 Å². The number of carboxylic acids is 1. The van der Waals surface area contributed by atoms with Crippen LogP contribution in [-0.4, -0.2) is 5.97 Å². The van der Waals surface area contributed by atoms with Gasteiger partial charge in [-0.1, -0.05) is 20.3 Å². The number of carboxylic acid groups (broad SMARTS) is 1. The SMILES string of the molecule is CCC(C)CC(=O)[O-].[Ag+]. The van der Waals surface area contributed by atoms with Crippen LogP contribution in [0.4, 0.5) is 0 Å². The van der Waals surface area contributed by atoms with Crippen LogP contribution in [0.5, 0.6) is 0 Å². The second kappa shape index (κ2) is 6.33. The van der Waals surface area contributed by atoms with Crippen LogP contribution in [0.25, 0.3) is 0 Å². The zero-order chi connectivity index (χ0) is 6.57. The van der Waals surface area contributed by atoms with E-state index in [0.717, 1.165) is 6.42 Å². The summed E-state index contributed by atoms with van der Waals surface area (Å²) in [6.07, 6.45) is 1.10. The molecule has 1 unspecified atom stereocenters. The zero-order valence-corrected chi connectivity index (χ0v) is 7.09. The van der Waals surface area contributed by atoms with Crippen molar-refractivity contribution < 1.29 is 32.3 Å². The van der Waals surface area contributed by atoms with Crippen LogP contribution in [0.15, 0.2) is 0 Å². The van der Waals surface area contributed by atoms with Crippen molar-refractivity contribution in [1.82, 2.24) is 0 Å². The van der Waals surface area contributed by atoms with Crippen LogP contribution in [-0.2, 0) is 27.2 Å². The van der Waals surface area contributed by atoms with E-state index in [1.54, 1.807) is 0 Å². The van der Waals surface area contributed by atoms with Gasteiger partial charge in [0.05, 0.1) is 0 Å². The fourth-order valence-electron chi connectivity index (χ4n) is 0.429. The molecule has 0 aromatic carbocycles. The smallest absolute Gasteiger partial charge is 0.550 e. The van der Waals surface area contributed by atoms with Crippen LogP contribution in [0, 0.1) is 5.92 Å². The van der Waals surface area contributed by atoms with Crippen LogP contribution in [0.3, 0.4) is 0 Å². The Morgan fingerprint density at radius 1 is 1.67 bits per heavy atom. The fourth-order valence-corrected chi connectivity index (χ4v) is 0.429. The Bertz CT molecular complexity index is 83.1. The van der Waals surface area contributed by atoms with Crippen molar-refractivity contribution in [2.75, 3.05) is 0 Å². The summed E-state index contributed by atoms with van der Waals surface area (Å²) in [6, 6.07) is 0. The molecule has 58 valence electrons. The minimum absolute atomic E-state index is 0. The van der Waals surface area contributed by atoms with E-state index < -0.39 is 5.97 Å². The second-order valence-electron chi connectivity index (χ2n) is 2.09. The third-order valence-electron chi connectivity index (χ3n) is 1.21. The Balaban J connectivity index is 0. The molecule has 0 heterocycles. The first kappa shape index (κ1) is 11.9. The van der Waals surface area contributed by atoms with Crippen molar-refractivity contribution in [3.63, 3.8) is 0 Å². The van der Waals surface area contributed by atoms with Crippen molar-refractivity contribution in [2.24, 2.45) is 5.92 Å².